The van der Waals surface area contributed by atoms with Crippen LogP contribution in [0.1, 0.15) is 55.3 Å². The van der Waals surface area contributed by atoms with E-state index in [0.29, 0.717) is 12.0 Å². The smallest absolute Gasteiger partial charge is 0.229 e. The molecule has 118 valence electrons. The molecule has 2 aliphatic rings. The van der Waals surface area contributed by atoms with Gasteiger partial charge in [-0.1, -0.05) is 11.6 Å². The number of nitrogens with zero attached hydrogens (tertiary/aromatic N) is 5. The normalized spacial score (nSPS) is 23.0. The second-order valence-corrected chi connectivity index (χ2v) is 6.68. The van der Waals surface area contributed by atoms with Gasteiger partial charge in [0.05, 0.1) is 19.3 Å². The molecule has 0 aromatic carbocycles. The highest BCUT2D eigenvalue weighted by Crippen LogP contribution is 2.38. The number of aryl methyl sites for hydroxylation is 1. The highest BCUT2D eigenvalue weighted by molar-refractivity contribution is 5.02. The van der Waals surface area contributed by atoms with Gasteiger partial charge in [0.2, 0.25) is 5.89 Å². The third-order valence-corrected chi connectivity index (χ3v) is 4.66. The molecule has 2 aromatic heterocycles. The zero-order valence-electron chi connectivity index (χ0n) is 13.1. The molecule has 1 aliphatic heterocycles. The van der Waals surface area contributed by atoms with E-state index >= 15 is 0 Å². The molecule has 6 nitrogen and oxygen atoms in total. The summed E-state index contributed by atoms with van der Waals surface area (Å²) in [6, 6.07) is 0.510. The molecule has 0 radical (unpaired) electrons. The minimum absolute atomic E-state index is 0.510. The van der Waals surface area contributed by atoms with Crippen molar-refractivity contribution in [3.05, 3.63) is 29.7 Å². The van der Waals surface area contributed by atoms with Crippen molar-refractivity contribution in [2.45, 2.75) is 64.1 Å². The van der Waals surface area contributed by atoms with E-state index < -0.39 is 0 Å². The summed E-state index contributed by atoms with van der Waals surface area (Å²) in [5.74, 6) is 2.21. The Kier molecular flexibility index (Phi) is 3.70. The molecule has 2 aromatic rings. The van der Waals surface area contributed by atoms with Gasteiger partial charge < -0.3 is 4.52 Å². The summed E-state index contributed by atoms with van der Waals surface area (Å²) in [4.78, 5) is 7.06. The Hall–Kier alpha value is -1.69. The Morgan fingerprint density at radius 3 is 2.95 bits per heavy atom. The maximum atomic E-state index is 5.38. The fourth-order valence-electron chi connectivity index (χ4n) is 3.27. The maximum absolute atomic E-state index is 5.38. The van der Waals surface area contributed by atoms with Gasteiger partial charge in [-0.2, -0.15) is 10.1 Å². The van der Waals surface area contributed by atoms with Crippen molar-refractivity contribution in [2.75, 3.05) is 6.54 Å². The molecule has 1 saturated carbocycles. The van der Waals surface area contributed by atoms with Gasteiger partial charge in [-0.05, 0) is 44.7 Å². The summed E-state index contributed by atoms with van der Waals surface area (Å²) in [5.41, 5.74) is 1.22. The third kappa shape index (κ3) is 3.06. The third-order valence-electron chi connectivity index (χ3n) is 4.66. The molecule has 0 unspecified atom stereocenters. The standard InChI is InChI=1S/C16H23N5O/c1-12-8-17-21(9-12)10-14-4-2-3-7-20(14)11-15-18-16(22-19-15)13-5-6-13/h8-9,13-14H,2-7,10-11H2,1H3/t14-/m1/s1. The Morgan fingerprint density at radius 1 is 1.27 bits per heavy atom. The first-order valence-electron chi connectivity index (χ1n) is 8.33. The molecular weight excluding hydrogens is 278 g/mol. The molecule has 0 spiro atoms. The number of aromatic nitrogens is 4. The molecule has 3 heterocycles. The fourth-order valence-corrected chi connectivity index (χ4v) is 3.27. The summed E-state index contributed by atoms with van der Waals surface area (Å²) in [6.07, 6.45) is 10.2. The lowest BCUT2D eigenvalue weighted by Crippen LogP contribution is -2.41. The summed E-state index contributed by atoms with van der Waals surface area (Å²) in [6.45, 7) is 4.93. The Balaban J connectivity index is 1.42. The van der Waals surface area contributed by atoms with Crippen molar-refractivity contribution in [1.29, 1.82) is 0 Å². The first-order valence-corrected chi connectivity index (χ1v) is 8.33. The van der Waals surface area contributed by atoms with Gasteiger partial charge in [-0.25, -0.2) is 0 Å². The molecule has 4 rings (SSSR count). The lowest BCUT2D eigenvalue weighted by molar-refractivity contribution is 0.117. The summed E-state index contributed by atoms with van der Waals surface area (Å²) in [5, 5.41) is 8.59. The van der Waals surface area contributed by atoms with E-state index in [0.717, 1.165) is 31.3 Å². The van der Waals surface area contributed by atoms with Crippen molar-refractivity contribution in [3.63, 3.8) is 0 Å². The second kappa shape index (κ2) is 5.83. The highest BCUT2D eigenvalue weighted by atomic mass is 16.5. The largest absolute Gasteiger partial charge is 0.339 e. The van der Waals surface area contributed by atoms with Crippen molar-refractivity contribution in [2.24, 2.45) is 0 Å². The van der Waals surface area contributed by atoms with E-state index in [-0.39, 0.29) is 0 Å². The molecule has 0 N–H and O–H groups in total. The zero-order chi connectivity index (χ0) is 14.9. The van der Waals surface area contributed by atoms with Crippen LogP contribution in [0.15, 0.2) is 16.9 Å². The van der Waals surface area contributed by atoms with Gasteiger partial charge in [0, 0.05) is 18.2 Å². The van der Waals surface area contributed by atoms with Crippen molar-refractivity contribution in [3.8, 4) is 0 Å². The van der Waals surface area contributed by atoms with E-state index in [4.69, 9.17) is 4.52 Å². The Morgan fingerprint density at radius 2 is 2.18 bits per heavy atom. The van der Waals surface area contributed by atoms with Crippen molar-refractivity contribution >= 4 is 0 Å². The van der Waals surface area contributed by atoms with Crippen LogP contribution in [0.3, 0.4) is 0 Å². The van der Waals surface area contributed by atoms with E-state index in [2.05, 4.69) is 37.9 Å². The lowest BCUT2D eigenvalue weighted by atomic mass is 10.0. The predicted octanol–water partition coefficient (Wildman–Crippen LogP) is 2.51. The van der Waals surface area contributed by atoms with Crippen LogP contribution < -0.4 is 0 Å². The van der Waals surface area contributed by atoms with E-state index in [1.54, 1.807) is 0 Å². The molecule has 1 saturated heterocycles. The summed E-state index contributed by atoms with van der Waals surface area (Å²) in [7, 11) is 0. The van der Waals surface area contributed by atoms with Crippen LogP contribution in [0.25, 0.3) is 0 Å². The quantitative estimate of drug-likeness (QED) is 0.849. The first kappa shape index (κ1) is 13.9. The molecule has 22 heavy (non-hydrogen) atoms. The number of likely N-dealkylation sites (tertiary alicyclic amines) is 1. The molecule has 0 amide bonds. The van der Waals surface area contributed by atoms with E-state index in [1.807, 2.05) is 6.20 Å². The second-order valence-electron chi connectivity index (χ2n) is 6.68. The van der Waals surface area contributed by atoms with Gasteiger partial charge in [0.25, 0.3) is 0 Å². The van der Waals surface area contributed by atoms with Crippen LogP contribution in [-0.2, 0) is 13.1 Å². The number of hydrogen-bond donors (Lipinski definition) is 0. The monoisotopic (exact) mass is 301 g/mol. The highest BCUT2D eigenvalue weighted by Gasteiger charge is 2.30. The van der Waals surface area contributed by atoms with Gasteiger partial charge >= 0.3 is 0 Å². The van der Waals surface area contributed by atoms with Gasteiger partial charge in [0.1, 0.15) is 0 Å². The zero-order valence-corrected chi connectivity index (χ0v) is 13.1. The van der Waals surface area contributed by atoms with Crippen LogP contribution in [0.2, 0.25) is 0 Å². The summed E-state index contributed by atoms with van der Waals surface area (Å²) < 4.78 is 7.44. The van der Waals surface area contributed by atoms with Crippen LogP contribution >= 0.6 is 0 Å². The lowest BCUT2D eigenvalue weighted by Gasteiger charge is -2.34. The average Bonchev–Trinajstić information content (AvgIpc) is 3.13. The number of hydrogen-bond acceptors (Lipinski definition) is 5. The van der Waals surface area contributed by atoms with Crippen molar-refractivity contribution in [1.82, 2.24) is 24.8 Å². The van der Waals surface area contributed by atoms with Crippen LogP contribution in [0.4, 0.5) is 0 Å². The molecule has 0 bridgehead atoms. The molecule has 1 aliphatic carbocycles. The van der Waals surface area contributed by atoms with E-state index in [1.165, 1.54) is 37.7 Å². The fraction of sp³-hybridized carbons (Fsp3) is 0.688. The molecular formula is C16H23N5O. The van der Waals surface area contributed by atoms with Gasteiger partial charge in [-0.3, -0.25) is 9.58 Å². The Labute approximate surface area is 130 Å². The van der Waals surface area contributed by atoms with Gasteiger partial charge in [0.15, 0.2) is 5.82 Å². The number of rotatable bonds is 5. The topological polar surface area (TPSA) is 60.0 Å². The number of piperidine rings is 1. The average molecular weight is 301 g/mol. The van der Waals surface area contributed by atoms with Crippen molar-refractivity contribution < 1.29 is 4.52 Å². The van der Waals surface area contributed by atoms with Gasteiger partial charge in [-0.15, -0.1) is 0 Å². The van der Waals surface area contributed by atoms with E-state index in [9.17, 15) is 0 Å². The Bertz CT molecular complexity index is 630. The van der Waals surface area contributed by atoms with Crippen LogP contribution in [-0.4, -0.2) is 37.4 Å². The minimum Gasteiger partial charge on any atom is -0.339 e. The first-order chi connectivity index (χ1) is 10.8. The molecule has 6 heteroatoms. The van der Waals surface area contributed by atoms with Crippen LogP contribution in [0.5, 0.6) is 0 Å². The maximum Gasteiger partial charge on any atom is 0.229 e. The van der Waals surface area contributed by atoms with Crippen LogP contribution in [0, 0.1) is 6.92 Å². The minimum atomic E-state index is 0.510. The molecule has 1 atom stereocenters. The molecule has 2 fully saturated rings. The summed E-state index contributed by atoms with van der Waals surface area (Å²) >= 11 is 0. The predicted molar refractivity (Wildman–Crippen MR) is 81.3 cm³/mol. The SMILES string of the molecule is Cc1cnn(C[C@H]2CCCCN2Cc2noc(C3CC3)n2)c1.